The first-order valence-corrected chi connectivity index (χ1v) is 10.3. The quantitative estimate of drug-likeness (QED) is 0.313. The van der Waals surface area contributed by atoms with Gasteiger partial charge in [0.1, 0.15) is 10.4 Å². The summed E-state index contributed by atoms with van der Waals surface area (Å²) >= 11 is 6.37. The molecule has 0 amide bonds. The number of aromatic nitrogens is 3. The lowest BCUT2D eigenvalue weighted by molar-refractivity contribution is 0.281. The number of thioether (sulfide) groups is 1. The van der Waals surface area contributed by atoms with Crippen LogP contribution in [0.15, 0.2) is 39.4 Å². The number of hydrogen-bond donors (Lipinski definition) is 2. The van der Waals surface area contributed by atoms with Crippen LogP contribution in [0.1, 0.15) is 6.92 Å². The fourth-order valence-corrected chi connectivity index (χ4v) is 4.02. The van der Waals surface area contributed by atoms with Gasteiger partial charge in [-0.05, 0) is 35.0 Å². The predicted molar refractivity (Wildman–Crippen MR) is 106 cm³/mol. The van der Waals surface area contributed by atoms with Crippen molar-refractivity contribution in [3.05, 3.63) is 34.2 Å². The minimum Gasteiger partial charge on any atom is -0.493 e. The third-order valence-corrected chi connectivity index (χ3v) is 5.50. The van der Waals surface area contributed by atoms with Crippen molar-refractivity contribution in [2.45, 2.75) is 18.1 Å². The van der Waals surface area contributed by atoms with Crippen molar-refractivity contribution in [2.75, 3.05) is 24.3 Å². The molecular formula is C16H17BrN4O2S2. The Morgan fingerprint density at radius 2 is 2.08 bits per heavy atom. The van der Waals surface area contributed by atoms with E-state index in [4.69, 9.17) is 4.74 Å². The first kappa shape index (κ1) is 18.4. The van der Waals surface area contributed by atoms with Gasteiger partial charge < -0.3 is 15.2 Å². The number of para-hydroxylation sites is 1. The van der Waals surface area contributed by atoms with E-state index in [-0.39, 0.29) is 12.6 Å². The predicted octanol–water partition coefficient (Wildman–Crippen LogP) is 3.81. The maximum absolute atomic E-state index is 9.28. The standard InChI is InChI=1S/C16H17BrN4O2S2/c1-10(9-22)18-13-12-14(19-15(17)25-12)21-16(20-13)24-8-7-23-11-5-3-2-4-6-11/h2-6,10,22H,7-9H2,1H3,(H,18,20,21)/t10-/m1/s1. The molecule has 1 atom stereocenters. The van der Waals surface area contributed by atoms with Crippen molar-refractivity contribution in [3.8, 4) is 5.75 Å². The van der Waals surface area contributed by atoms with Gasteiger partial charge in [0, 0.05) is 11.8 Å². The summed E-state index contributed by atoms with van der Waals surface area (Å²) in [5.74, 6) is 2.27. The van der Waals surface area contributed by atoms with Crippen LogP contribution in [0.4, 0.5) is 5.82 Å². The summed E-state index contributed by atoms with van der Waals surface area (Å²) in [6, 6.07) is 9.60. The highest BCUT2D eigenvalue weighted by molar-refractivity contribution is 9.11. The number of thiazole rings is 1. The van der Waals surface area contributed by atoms with E-state index in [9.17, 15) is 5.11 Å². The van der Waals surface area contributed by atoms with Crippen LogP contribution in [-0.2, 0) is 0 Å². The summed E-state index contributed by atoms with van der Waals surface area (Å²) < 4.78 is 7.31. The average molecular weight is 441 g/mol. The summed E-state index contributed by atoms with van der Waals surface area (Å²) in [5.41, 5.74) is 0.644. The van der Waals surface area contributed by atoms with E-state index in [1.54, 1.807) is 0 Å². The second-order valence-electron chi connectivity index (χ2n) is 5.21. The van der Waals surface area contributed by atoms with Crippen LogP contribution in [0.3, 0.4) is 0 Å². The van der Waals surface area contributed by atoms with Crippen molar-refractivity contribution in [3.63, 3.8) is 0 Å². The van der Waals surface area contributed by atoms with Gasteiger partial charge in [0.15, 0.2) is 20.5 Å². The molecule has 0 saturated heterocycles. The van der Waals surface area contributed by atoms with E-state index in [2.05, 4.69) is 36.2 Å². The maximum Gasteiger partial charge on any atom is 0.191 e. The molecule has 2 aromatic heterocycles. The smallest absolute Gasteiger partial charge is 0.191 e. The monoisotopic (exact) mass is 440 g/mol. The second-order valence-corrected chi connectivity index (χ2v) is 8.55. The van der Waals surface area contributed by atoms with E-state index < -0.39 is 0 Å². The molecule has 0 spiro atoms. The van der Waals surface area contributed by atoms with Crippen LogP contribution >= 0.6 is 39.0 Å². The van der Waals surface area contributed by atoms with E-state index in [1.165, 1.54) is 23.1 Å². The molecule has 0 radical (unpaired) electrons. The molecule has 0 bridgehead atoms. The van der Waals surface area contributed by atoms with Gasteiger partial charge in [-0.1, -0.05) is 30.0 Å². The number of benzene rings is 1. The average Bonchev–Trinajstić information content (AvgIpc) is 3.00. The zero-order chi connectivity index (χ0) is 17.6. The zero-order valence-corrected chi connectivity index (χ0v) is 16.7. The van der Waals surface area contributed by atoms with E-state index in [0.717, 1.165) is 20.1 Å². The first-order chi connectivity index (χ1) is 12.2. The fraction of sp³-hybridized carbons (Fsp3) is 0.312. The lowest BCUT2D eigenvalue weighted by Crippen LogP contribution is -2.20. The van der Waals surface area contributed by atoms with Crippen LogP contribution in [0.5, 0.6) is 5.75 Å². The Morgan fingerprint density at radius 1 is 1.28 bits per heavy atom. The molecule has 0 saturated carbocycles. The summed E-state index contributed by atoms with van der Waals surface area (Å²) in [6.07, 6.45) is 0. The Morgan fingerprint density at radius 3 is 2.84 bits per heavy atom. The van der Waals surface area contributed by atoms with Gasteiger partial charge in [0.05, 0.1) is 13.2 Å². The molecule has 3 rings (SSSR count). The van der Waals surface area contributed by atoms with Crippen molar-refractivity contribution < 1.29 is 9.84 Å². The van der Waals surface area contributed by atoms with E-state index >= 15 is 0 Å². The summed E-state index contributed by atoms with van der Waals surface area (Å²) in [7, 11) is 0. The summed E-state index contributed by atoms with van der Waals surface area (Å²) in [5, 5.41) is 13.1. The minimum absolute atomic E-state index is 0.0266. The number of nitrogens with one attached hydrogen (secondary N) is 1. The first-order valence-electron chi connectivity index (χ1n) is 7.68. The molecule has 132 valence electrons. The van der Waals surface area contributed by atoms with Gasteiger partial charge >= 0.3 is 0 Å². The van der Waals surface area contributed by atoms with Gasteiger partial charge in [-0.2, -0.15) is 0 Å². The number of hydrogen-bond acceptors (Lipinski definition) is 8. The van der Waals surface area contributed by atoms with Crippen LogP contribution in [0.2, 0.25) is 0 Å². The van der Waals surface area contributed by atoms with Gasteiger partial charge in [-0.15, -0.1) is 11.3 Å². The number of ether oxygens (including phenoxy) is 1. The largest absolute Gasteiger partial charge is 0.493 e. The molecule has 0 aliphatic heterocycles. The normalized spacial score (nSPS) is 12.3. The van der Waals surface area contributed by atoms with Crippen molar-refractivity contribution in [1.29, 1.82) is 0 Å². The second kappa shape index (κ2) is 8.79. The third kappa shape index (κ3) is 5.04. The third-order valence-electron chi connectivity index (χ3n) is 3.19. The van der Waals surface area contributed by atoms with Gasteiger partial charge in [-0.3, -0.25) is 0 Å². The molecule has 0 aliphatic carbocycles. The lowest BCUT2D eigenvalue weighted by atomic mass is 10.3. The molecule has 3 aromatic rings. The van der Waals surface area contributed by atoms with Crippen LogP contribution < -0.4 is 10.1 Å². The highest BCUT2D eigenvalue weighted by Gasteiger charge is 2.14. The van der Waals surface area contributed by atoms with Crippen LogP contribution in [-0.4, -0.2) is 45.1 Å². The lowest BCUT2D eigenvalue weighted by Gasteiger charge is -2.12. The van der Waals surface area contributed by atoms with E-state index in [0.29, 0.717) is 23.2 Å². The molecule has 0 fully saturated rings. The summed E-state index contributed by atoms with van der Waals surface area (Å²) in [6.45, 7) is 2.48. The Kier molecular flexibility index (Phi) is 6.46. The molecule has 1 aromatic carbocycles. The van der Waals surface area contributed by atoms with Gasteiger partial charge in [-0.25, -0.2) is 15.0 Å². The number of fused-ring (bicyclic) bond motifs is 1. The zero-order valence-electron chi connectivity index (χ0n) is 13.5. The number of aliphatic hydroxyl groups excluding tert-OH is 1. The topological polar surface area (TPSA) is 80.2 Å². The Hall–Kier alpha value is -1.42. The van der Waals surface area contributed by atoms with Crippen molar-refractivity contribution in [2.24, 2.45) is 0 Å². The molecule has 2 N–H and O–H groups in total. The maximum atomic E-state index is 9.28. The van der Waals surface area contributed by atoms with Crippen molar-refractivity contribution in [1.82, 2.24) is 15.0 Å². The highest BCUT2D eigenvalue weighted by atomic mass is 79.9. The van der Waals surface area contributed by atoms with E-state index in [1.807, 2.05) is 37.3 Å². The number of anilines is 1. The molecule has 0 unspecified atom stereocenters. The SMILES string of the molecule is C[C@H](CO)Nc1nc(SCCOc2ccccc2)nc2nc(Br)sc12. The van der Waals surface area contributed by atoms with Gasteiger partial charge in [0.2, 0.25) is 0 Å². The molecule has 9 heteroatoms. The number of halogens is 1. The fourth-order valence-electron chi connectivity index (χ4n) is 2.03. The number of rotatable bonds is 8. The summed E-state index contributed by atoms with van der Waals surface area (Å²) in [4.78, 5) is 13.4. The van der Waals surface area contributed by atoms with Crippen molar-refractivity contribution >= 4 is 55.2 Å². The Balaban J connectivity index is 1.68. The molecular weight excluding hydrogens is 424 g/mol. The van der Waals surface area contributed by atoms with Crippen LogP contribution in [0, 0.1) is 0 Å². The number of nitrogens with zero attached hydrogens (tertiary/aromatic N) is 3. The number of aliphatic hydroxyl groups is 1. The molecule has 25 heavy (non-hydrogen) atoms. The Labute approximate surface area is 162 Å². The molecule has 6 nitrogen and oxygen atoms in total. The van der Waals surface area contributed by atoms with Gasteiger partial charge in [0.25, 0.3) is 0 Å². The molecule has 2 heterocycles. The highest BCUT2D eigenvalue weighted by Crippen LogP contribution is 2.32. The molecule has 0 aliphatic rings. The van der Waals surface area contributed by atoms with Crippen LogP contribution in [0.25, 0.3) is 10.3 Å². The minimum atomic E-state index is -0.0989. The Bertz CT molecular complexity index is 832.